The van der Waals surface area contributed by atoms with E-state index in [0.29, 0.717) is 0 Å². The molecule has 23 heavy (non-hydrogen) atoms. The Labute approximate surface area is 137 Å². The first-order valence-electron chi connectivity index (χ1n) is 7.59. The summed E-state index contributed by atoms with van der Waals surface area (Å²) < 4.78 is 0. The highest BCUT2D eigenvalue weighted by molar-refractivity contribution is 5.92. The maximum absolute atomic E-state index is 12.5. The number of likely N-dealkylation sites (N-methyl/N-ethyl adjacent to an activating group) is 1. The molecule has 0 saturated heterocycles. The maximum Gasteiger partial charge on any atom is 0.272 e. The molecule has 0 heterocycles. The van der Waals surface area contributed by atoms with Crippen LogP contribution in [0.25, 0.3) is 0 Å². The van der Waals surface area contributed by atoms with Crippen molar-refractivity contribution in [2.24, 2.45) is 17.3 Å². The summed E-state index contributed by atoms with van der Waals surface area (Å²) in [7, 11) is 1.47. The fourth-order valence-electron chi connectivity index (χ4n) is 2.21. The van der Waals surface area contributed by atoms with E-state index < -0.39 is 35.3 Å². The SMILES string of the molecule is CNC(=O)[C@H](NC(=O)[C@@H](CC(C)C)[C@H](O)C(=O)NO)C(C)(C)C. The molecule has 0 fully saturated rings. The lowest BCUT2D eigenvalue weighted by atomic mass is 9.84. The summed E-state index contributed by atoms with van der Waals surface area (Å²) in [4.78, 5) is 35.9. The number of aliphatic hydroxyl groups is 1. The standard InChI is InChI=1S/C15H29N3O5/c1-8(2)7-9(10(19)13(21)18-23)12(20)17-11(14(22)16-6)15(3,4)5/h8-11,19,23H,7H2,1-6H3,(H,16,22)(H,17,20)(H,18,21)/t9-,10-,11-/m0/s1. The Morgan fingerprint density at radius 3 is 1.91 bits per heavy atom. The largest absolute Gasteiger partial charge is 0.382 e. The molecular formula is C15H29N3O5. The first kappa shape index (κ1) is 21.3. The molecule has 0 aliphatic carbocycles. The van der Waals surface area contributed by atoms with Gasteiger partial charge in [0.15, 0.2) is 0 Å². The van der Waals surface area contributed by atoms with Crippen LogP contribution in [0.2, 0.25) is 0 Å². The fraction of sp³-hybridized carbons (Fsp3) is 0.800. The summed E-state index contributed by atoms with van der Waals surface area (Å²) in [5, 5.41) is 23.7. The van der Waals surface area contributed by atoms with Crippen LogP contribution in [0.3, 0.4) is 0 Å². The van der Waals surface area contributed by atoms with Gasteiger partial charge in [-0.05, 0) is 17.8 Å². The molecule has 0 radical (unpaired) electrons. The zero-order valence-corrected chi connectivity index (χ0v) is 14.6. The van der Waals surface area contributed by atoms with Gasteiger partial charge in [-0.25, -0.2) is 5.48 Å². The molecule has 0 rings (SSSR count). The maximum atomic E-state index is 12.5. The van der Waals surface area contributed by atoms with Gasteiger partial charge in [-0.3, -0.25) is 19.6 Å². The van der Waals surface area contributed by atoms with Gasteiger partial charge in [0, 0.05) is 7.05 Å². The Morgan fingerprint density at radius 1 is 1.04 bits per heavy atom. The Hall–Kier alpha value is -1.67. The van der Waals surface area contributed by atoms with Crippen LogP contribution in [0, 0.1) is 17.3 Å². The molecule has 3 amide bonds. The highest BCUT2D eigenvalue weighted by Gasteiger charge is 2.38. The average molecular weight is 331 g/mol. The molecule has 0 aromatic heterocycles. The van der Waals surface area contributed by atoms with Crippen molar-refractivity contribution in [3.63, 3.8) is 0 Å². The van der Waals surface area contributed by atoms with Crippen molar-refractivity contribution in [1.29, 1.82) is 0 Å². The van der Waals surface area contributed by atoms with Crippen molar-refractivity contribution in [2.45, 2.75) is 53.2 Å². The van der Waals surface area contributed by atoms with Gasteiger partial charge >= 0.3 is 0 Å². The van der Waals surface area contributed by atoms with Gasteiger partial charge in [-0.2, -0.15) is 0 Å². The zero-order chi connectivity index (χ0) is 18.4. The monoisotopic (exact) mass is 331 g/mol. The molecule has 0 aliphatic rings. The minimum absolute atomic E-state index is 0.0278. The minimum Gasteiger partial charge on any atom is -0.382 e. The second kappa shape index (κ2) is 8.83. The summed E-state index contributed by atoms with van der Waals surface area (Å²) in [5.74, 6) is -3.08. The van der Waals surface area contributed by atoms with Gasteiger partial charge in [0.25, 0.3) is 5.91 Å². The van der Waals surface area contributed by atoms with Crippen LogP contribution >= 0.6 is 0 Å². The highest BCUT2D eigenvalue weighted by atomic mass is 16.5. The average Bonchev–Trinajstić information content (AvgIpc) is 2.46. The quantitative estimate of drug-likeness (QED) is 0.326. The Balaban J connectivity index is 5.35. The van der Waals surface area contributed by atoms with Crippen molar-refractivity contribution < 1.29 is 24.7 Å². The van der Waals surface area contributed by atoms with E-state index in [2.05, 4.69) is 10.6 Å². The highest BCUT2D eigenvalue weighted by Crippen LogP contribution is 2.22. The Morgan fingerprint density at radius 2 is 1.57 bits per heavy atom. The number of nitrogens with one attached hydrogen (secondary N) is 3. The number of hydrogen-bond acceptors (Lipinski definition) is 5. The van der Waals surface area contributed by atoms with Gasteiger partial charge in [0.2, 0.25) is 11.8 Å². The lowest BCUT2D eigenvalue weighted by Crippen LogP contribution is -2.56. The smallest absolute Gasteiger partial charge is 0.272 e. The molecule has 0 aromatic carbocycles. The number of amides is 3. The van der Waals surface area contributed by atoms with Crippen molar-refractivity contribution in [1.82, 2.24) is 16.1 Å². The van der Waals surface area contributed by atoms with Crippen LogP contribution in [0.5, 0.6) is 0 Å². The topological polar surface area (TPSA) is 128 Å². The van der Waals surface area contributed by atoms with E-state index in [1.54, 1.807) is 20.8 Å². The van der Waals surface area contributed by atoms with Crippen LogP contribution in [-0.4, -0.2) is 47.2 Å². The van der Waals surface area contributed by atoms with Gasteiger partial charge in [0.05, 0.1) is 5.92 Å². The molecule has 0 bridgehead atoms. The molecule has 0 aromatic rings. The van der Waals surface area contributed by atoms with Crippen molar-refractivity contribution in [3.8, 4) is 0 Å². The number of rotatable bonds is 7. The van der Waals surface area contributed by atoms with Gasteiger partial charge in [0.1, 0.15) is 12.1 Å². The van der Waals surface area contributed by atoms with Crippen LogP contribution < -0.4 is 16.1 Å². The van der Waals surface area contributed by atoms with Crippen molar-refractivity contribution >= 4 is 17.7 Å². The molecular weight excluding hydrogens is 302 g/mol. The van der Waals surface area contributed by atoms with Crippen LogP contribution in [0.1, 0.15) is 41.0 Å². The van der Waals surface area contributed by atoms with E-state index in [4.69, 9.17) is 5.21 Å². The molecule has 134 valence electrons. The van der Waals surface area contributed by atoms with Crippen LogP contribution in [0.15, 0.2) is 0 Å². The third kappa shape index (κ3) is 6.54. The van der Waals surface area contributed by atoms with Crippen molar-refractivity contribution in [3.05, 3.63) is 0 Å². The van der Waals surface area contributed by atoms with Gasteiger partial charge in [-0.1, -0.05) is 34.6 Å². The molecule has 8 nitrogen and oxygen atoms in total. The fourth-order valence-corrected chi connectivity index (χ4v) is 2.21. The van der Waals surface area contributed by atoms with E-state index in [9.17, 15) is 19.5 Å². The van der Waals surface area contributed by atoms with Crippen molar-refractivity contribution in [2.75, 3.05) is 7.05 Å². The molecule has 8 heteroatoms. The molecule has 0 unspecified atom stereocenters. The number of hydroxylamine groups is 1. The lowest BCUT2D eigenvalue weighted by Gasteiger charge is -2.32. The number of carbonyl (C=O) groups excluding carboxylic acids is 3. The number of hydrogen-bond donors (Lipinski definition) is 5. The second-order valence-electron chi connectivity index (χ2n) is 7.08. The predicted molar refractivity (Wildman–Crippen MR) is 84.3 cm³/mol. The van der Waals surface area contributed by atoms with E-state index in [1.165, 1.54) is 12.5 Å². The summed E-state index contributed by atoms with van der Waals surface area (Å²) in [6.45, 7) is 9.05. The normalized spacial score (nSPS) is 15.5. The minimum atomic E-state index is -1.70. The molecule has 0 spiro atoms. The lowest BCUT2D eigenvalue weighted by molar-refractivity contribution is -0.147. The van der Waals surface area contributed by atoms with E-state index in [0.717, 1.165) is 0 Å². The molecule has 5 N–H and O–H groups in total. The zero-order valence-electron chi connectivity index (χ0n) is 14.6. The van der Waals surface area contributed by atoms with E-state index in [1.807, 2.05) is 13.8 Å². The summed E-state index contributed by atoms with van der Waals surface area (Å²) in [6.07, 6.45) is -1.47. The van der Waals surface area contributed by atoms with Gasteiger partial charge in [-0.15, -0.1) is 0 Å². The second-order valence-corrected chi connectivity index (χ2v) is 7.08. The third-order valence-electron chi connectivity index (χ3n) is 3.48. The number of carbonyl (C=O) groups is 3. The van der Waals surface area contributed by atoms with E-state index >= 15 is 0 Å². The Kier molecular flexibility index (Phi) is 8.19. The summed E-state index contributed by atoms with van der Waals surface area (Å²) >= 11 is 0. The Bertz CT molecular complexity index is 431. The number of aliphatic hydroxyl groups excluding tert-OH is 1. The third-order valence-corrected chi connectivity index (χ3v) is 3.48. The molecule has 3 atom stereocenters. The predicted octanol–water partition coefficient (Wildman–Crippen LogP) is -0.208. The van der Waals surface area contributed by atoms with Crippen LogP contribution in [0.4, 0.5) is 0 Å². The summed E-state index contributed by atoms with van der Waals surface area (Å²) in [5.41, 5.74) is 0.789. The van der Waals surface area contributed by atoms with Gasteiger partial charge < -0.3 is 15.7 Å². The molecule has 0 aliphatic heterocycles. The molecule has 0 saturated carbocycles. The summed E-state index contributed by atoms with van der Waals surface area (Å²) in [6, 6.07) is -0.820. The first-order chi connectivity index (χ1) is 10.4. The first-order valence-corrected chi connectivity index (χ1v) is 7.59. The van der Waals surface area contributed by atoms with Crippen LogP contribution in [-0.2, 0) is 14.4 Å². The van der Waals surface area contributed by atoms with E-state index in [-0.39, 0.29) is 18.2 Å².